The predicted molar refractivity (Wildman–Crippen MR) is 106 cm³/mol. The Morgan fingerprint density at radius 2 is 1.93 bits per heavy atom. The Balaban J connectivity index is 0.000000516. The molecule has 0 aliphatic carbocycles. The maximum Gasteiger partial charge on any atom is 0.490 e. The van der Waals surface area contributed by atoms with Crippen LogP contribution in [-0.2, 0) is 11.2 Å². The van der Waals surface area contributed by atoms with Crippen LogP contribution in [0.25, 0.3) is 0 Å². The first-order valence-electron chi connectivity index (χ1n) is 9.94. The van der Waals surface area contributed by atoms with Gasteiger partial charge in [0.1, 0.15) is 0 Å². The number of nitrogens with zero attached hydrogens (tertiary/aromatic N) is 2. The van der Waals surface area contributed by atoms with Crippen molar-refractivity contribution in [2.45, 2.75) is 51.2 Å². The standard InChI is InChI=1S/C17H33N5.C2HF3O2/c1-13(2)12-22-7-5-14(6-8-22)17-15(10-20-21-17)9-16(19-4)11-18-3;3-2(4,5)1(6)7/h10,13-14,16,18-19H,5-9,11-12H2,1-4H3,(H,20,21);(H,6,7). The number of aromatic amines is 1. The fourth-order valence-electron chi connectivity index (χ4n) is 3.55. The monoisotopic (exact) mass is 421 g/mol. The van der Waals surface area contributed by atoms with E-state index in [1.165, 1.54) is 43.7 Å². The summed E-state index contributed by atoms with van der Waals surface area (Å²) < 4.78 is 31.7. The van der Waals surface area contributed by atoms with Crippen molar-refractivity contribution in [3.8, 4) is 0 Å². The van der Waals surface area contributed by atoms with Gasteiger partial charge in [-0.3, -0.25) is 5.10 Å². The average molecular weight is 422 g/mol. The molecule has 0 amide bonds. The number of H-pyrrole nitrogens is 1. The van der Waals surface area contributed by atoms with Crippen molar-refractivity contribution in [2.75, 3.05) is 40.3 Å². The summed E-state index contributed by atoms with van der Waals surface area (Å²) in [5.74, 6) is -1.35. The van der Waals surface area contributed by atoms with Crippen LogP contribution >= 0.6 is 0 Å². The zero-order valence-corrected chi connectivity index (χ0v) is 17.6. The topological polar surface area (TPSA) is 93.3 Å². The molecular formula is C19H34F3N5O2. The van der Waals surface area contributed by atoms with Gasteiger partial charge < -0.3 is 20.6 Å². The maximum atomic E-state index is 10.6. The molecule has 1 aromatic rings. The van der Waals surface area contributed by atoms with Crippen molar-refractivity contribution >= 4 is 5.97 Å². The first kappa shape index (κ1) is 25.4. The predicted octanol–water partition coefficient (Wildman–Crippen LogP) is 2.23. The average Bonchev–Trinajstić information content (AvgIpc) is 3.09. The van der Waals surface area contributed by atoms with Crippen LogP contribution in [0.15, 0.2) is 6.20 Å². The Hall–Kier alpha value is -1.65. The third-order valence-electron chi connectivity index (χ3n) is 4.94. The molecule has 2 heterocycles. The SMILES string of the molecule is CNCC(Cc1cn[nH]c1C1CCN(CC(C)C)CC1)NC.O=C(O)C(F)(F)F. The number of aliphatic carboxylic acids is 1. The Kier molecular flexibility index (Phi) is 10.6. The highest BCUT2D eigenvalue weighted by Gasteiger charge is 2.38. The van der Waals surface area contributed by atoms with Gasteiger partial charge in [0.25, 0.3) is 0 Å². The number of rotatable bonds is 8. The summed E-state index contributed by atoms with van der Waals surface area (Å²) in [5.41, 5.74) is 2.76. The molecule has 2 rings (SSSR count). The van der Waals surface area contributed by atoms with Gasteiger partial charge in [0.15, 0.2) is 0 Å². The number of likely N-dealkylation sites (tertiary alicyclic amines) is 1. The van der Waals surface area contributed by atoms with Crippen LogP contribution in [0.4, 0.5) is 13.2 Å². The lowest BCUT2D eigenvalue weighted by molar-refractivity contribution is -0.192. The summed E-state index contributed by atoms with van der Waals surface area (Å²) in [5, 5.41) is 21.4. The van der Waals surface area contributed by atoms with Gasteiger partial charge in [0.05, 0.1) is 6.20 Å². The molecule has 1 aliphatic rings. The number of hydrogen-bond acceptors (Lipinski definition) is 5. The molecule has 7 nitrogen and oxygen atoms in total. The molecule has 10 heteroatoms. The van der Waals surface area contributed by atoms with Crippen LogP contribution in [0.3, 0.4) is 0 Å². The molecule has 0 bridgehead atoms. The quantitative estimate of drug-likeness (QED) is 0.514. The van der Waals surface area contributed by atoms with Crippen molar-refractivity contribution in [3.05, 3.63) is 17.5 Å². The Labute approximate surface area is 170 Å². The number of carboxylic acid groups (broad SMARTS) is 1. The van der Waals surface area contributed by atoms with E-state index in [4.69, 9.17) is 9.90 Å². The van der Waals surface area contributed by atoms with E-state index in [0.717, 1.165) is 18.9 Å². The summed E-state index contributed by atoms with van der Waals surface area (Å²) in [6, 6.07) is 0.461. The summed E-state index contributed by atoms with van der Waals surface area (Å²) in [6.45, 7) is 9.25. The van der Waals surface area contributed by atoms with E-state index in [0.29, 0.717) is 12.0 Å². The number of piperidine rings is 1. The molecule has 0 aromatic carbocycles. The summed E-state index contributed by atoms with van der Waals surface area (Å²) in [4.78, 5) is 11.5. The van der Waals surface area contributed by atoms with Gasteiger partial charge in [0, 0.05) is 30.7 Å². The number of carboxylic acids is 1. The van der Waals surface area contributed by atoms with Gasteiger partial charge in [-0.25, -0.2) is 4.79 Å². The number of halogens is 3. The molecule has 1 aromatic heterocycles. The lowest BCUT2D eigenvalue weighted by Crippen LogP contribution is -2.37. The highest BCUT2D eigenvalue weighted by Crippen LogP contribution is 2.29. The van der Waals surface area contributed by atoms with Crippen molar-refractivity contribution in [1.29, 1.82) is 0 Å². The van der Waals surface area contributed by atoms with Gasteiger partial charge in [-0.1, -0.05) is 13.8 Å². The Morgan fingerprint density at radius 1 is 1.34 bits per heavy atom. The van der Waals surface area contributed by atoms with Crippen LogP contribution in [0.1, 0.15) is 43.9 Å². The number of nitrogens with one attached hydrogen (secondary N) is 3. The van der Waals surface area contributed by atoms with E-state index in [-0.39, 0.29) is 0 Å². The van der Waals surface area contributed by atoms with Crippen LogP contribution in [0.5, 0.6) is 0 Å². The van der Waals surface area contributed by atoms with Crippen molar-refractivity contribution in [3.63, 3.8) is 0 Å². The zero-order valence-electron chi connectivity index (χ0n) is 17.6. The van der Waals surface area contributed by atoms with Gasteiger partial charge in [-0.2, -0.15) is 18.3 Å². The molecule has 0 spiro atoms. The molecule has 1 fully saturated rings. The minimum atomic E-state index is -5.08. The van der Waals surface area contributed by atoms with E-state index >= 15 is 0 Å². The highest BCUT2D eigenvalue weighted by molar-refractivity contribution is 5.73. The Morgan fingerprint density at radius 3 is 2.38 bits per heavy atom. The molecule has 168 valence electrons. The van der Waals surface area contributed by atoms with E-state index in [1.54, 1.807) is 0 Å². The molecule has 4 N–H and O–H groups in total. The summed E-state index contributed by atoms with van der Waals surface area (Å²) in [7, 11) is 4.04. The maximum absolute atomic E-state index is 10.6. The number of carbonyl (C=O) groups is 1. The first-order chi connectivity index (χ1) is 13.6. The van der Waals surface area contributed by atoms with Crippen LogP contribution in [-0.4, -0.2) is 78.7 Å². The van der Waals surface area contributed by atoms with E-state index in [1.807, 2.05) is 20.3 Å². The lowest BCUT2D eigenvalue weighted by atomic mass is 9.89. The Bertz CT molecular complexity index is 599. The first-order valence-corrected chi connectivity index (χ1v) is 9.94. The van der Waals surface area contributed by atoms with Crippen molar-refractivity contribution < 1.29 is 23.1 Å². The third-order valence-corrected chi connectivity index (χ3v) is 4.94. The van der Waals surface area contributed by atoms with E-state index in [9.17, 15) is 13.2 Å². The molecule has 1 saturated heterocycles. The third kappa shape index (κ3) is 9.14. The van der Waals surface area contributed by atoms with E-state index < -0.39 is 12.1 Å². The van der Waals surface area contributed by atoms with Gasteiger partial charge in [0.2, 0.25) is 0 Å². The second-order valence-corrected chi connectivity index (χ2v) is 7.83. The molecule has 1 atom stereocenters. The largest absolute Gasteiger partial charge is 0.490 e. The summed E-state index contributed by atoms with van der Waals surface area (Å²) >= 11 is 0. The van der Waals surface area contributed by atoms with Crippen LogP contribution < -0.4 is 10.6 Å². The van der Waals surface area contributed by atoms with Crippen molar-refractivity contribution in [2.24, 2.45) is 5.92 Å². The molecule has 1 aliphatic heterocycles. The second kappa shape index (κ2) is 12.1. The number of alkyl halides is 3. The smallest absolute Gasteiger partial charge is 0.475 e. The molecular weight excluding hydrogens is 387 g/mol. The van der Waals surface area contributed by atoms with Gasteiger partial charge in [-0.05, 0) is 57.9 Å². The number of likely N-dealkylation sites (N-methyl/N-ethyl adjacent to an activating group) is 2. The molecule has 1 unspecified atom stereocenters. The number of aromatic nitrogens is 2. The normalized spacial score (nSPS) is 17.1. The zero-order chi connectivity index (χ0) is 22.0. The molecule has 0 radical (unpaired) electrons. The van der Waals surface area contributed by atoms with Crippen LogP contribution in [0, 0.1) is 5.92 Å². The molecule has 29 heavy (non-hydrogen) atoms. The summed E-state index contributed by atoms with van der Waals surface area (Å²) in [6.07, 6.45) is 0.474. The fourth-order valence-corrected chi connectivity index (χ4v) is 3.55. The second-order valence-electron chi connectivity index (χ2n) is 7.83. The minimum Gasteiger partial charge on any atom is -0.475 e. The van der Waals surface area contributed by atoms with Gasteiger partial charge >= 0.3 is 12.1 Å². The van der Waals surface area contributed by atoms with Crippen molar-refractivity contribution in [1.82, 2.24) is 25.7 Å². The number of hydrogen-bond donors (Lipinski definition) is 4. The van der Waals surface area contributed by atoms with Crippen LogP contribution in [0.2, 0.25) is 0 Å². The van der Waals surface area contributed by atoms with Gasteiger partial charge in [-0.15, -0.1) is 0 Å². The van der Waals surface area contributed by atoms with E-state index in [2.05, 4.69) is 39.6 Å². The molecule has 0 saturated carbocycles. The lowest BCUT2D eigenvalue weighted by Gasteiger charge is -2.33. The fraction of sp³-hybridized carbons (Fsp3) is 0.789. The highest BCUT2D eigenvalue weighted by atomic mass is 19.4. The minimum absolute atomic E-state index is 0.461.